The Kier molecular flexibility index (Phi) is 2.39. The summed E-state index contributed by atoms with van der Waals surface area (Å²) in [6, 6.07) is 0.397. The first-order chi connectivity index (χ1) is 7.63. The predicted octanol–water partition coefficient (Wildman–Crippen LogP) is 2.51. The van der Waals surface area contributed by atoms with Crippen molar-refractivity contribution >= 4 is 5.78 Å². The Morgan fingerprint density at radius 2 is 2.12 bits per heavy atom. The van der Waals surface area contributed by atoms with Crippen LogP contribution in [-0.2, 0) is 4.79 Å². The van der Waals surface area contributed by atoms with Gasteiger partial charge in [0.15, 0.2) is 0 Å². The molecule has 2 N–H and O–H groups in total. The molecule has 90 valence electrons. The van der Waals surface area contributed by atoms with Gasteiger partial charge in [-0.3, -0.25) is 4.79 Å². The summed E-state index contributed by atoms with van der Waals surface area (Å²) in [6.45, 7) is 1.77. The summed E-state index contributed by atoms with van der Waals surface area (Å²) >= 11 is 0. The molecular formula is C14H23NO. The number of nitrogens with two attached hydrogens (primary N) is 1. The lowest BCUT2D eigenvalue weighted by Gasteiger charge is -2.47. The highest BCUT2D eigenvalue weighted by atomic mass is 16.1. The number of fused-ring (bicyclic) bond motifs is 3. The van der Waals surface area contributed by atoms with E-state index in [1.807, 2.05) is 0 Å². The van der Waals surface area contributed by atoms with Crippen LogP contribution in [0.4, 0.5) is 0 Å². The molecule has 0 aliphatic heterocycles. The number of carbonyl (C=O) groups is 1. The number of hydrogen-bond donors (Lipinski definition) is 1. The second kappa shape index (κ2) is 3.56. The molecule has 1 spiro atoms. The lowest BCUT2D eigenvalue weighted by molar-refractivity contribution is -0.124. The molecule has 3 fully saturated rings. The largest absolute Gasteiger partial charge is 0.327 e. The van der Waals surface area contributed by atoms with Crippen molar-refractivity contribution in [2.24, 2.45) is 28.9 Å². The maximum absolute atomic E-state index is 11.6. The van der Waals surface area contributed by atoms with Gasteiger partial charge in [0, 0.05) is 12.0 Å². The number of carbonyl (C=O) groups excluding carboxylic acids is 1. The second-order valence-corrected chi connectivity index (χ2v) is 6.43. The van der Waals surface area contributed by atoms with Crippen molar-refractivity contribution < 1.29 is 4.79 Å². The van der Waals surface area contributed by atoms with Gasteiger partial charge in [-0.15, -0.1) is 0 Å². The highest BCUT2D eigenvalue weighted by Gasteiger charge is 2.57. The molecule has 0 saturated heterocycles. The van der Waals surface area contributed by atoms with Gasteiger partial charge in [0.25, 0.3) is 0 Å². The molecule has 2 heteroatoms. The monoisotopic (exact) mass is 221 g/mol. The summed E-state index contributed by atoms with van der Waals surface area (Å²) in [7, 11) is 0. The first-order valence-electron chi connectivity index (χ1n) is 6.89. The van der Waals surface area contributed by atoms with Crippen LogP contribution in [0.5, 0.6) is 0 Å². The van der Waals surface area contributed by atoms with Crippen LogP contribution in [0.15, 0.2) is 0 Å². The van der Waals surface area contributed by atoms with Crippen LogP contribution in [0.3, 0.4) is 0 Å². The van der Waals surface area contributed by atoms with Crippen molar-refractivity contribution in [2.45, 2.75) is 57.9 Å². The summed E-state index contributed by atoms with van der Waals surface area (Å²) in [6.07, 6.45) is 8.80. The molecule has 3 aliphatic rings. The SMILES string of the molecule is CC(=O)[C@@H]1CCC[C@@]2(C1)[C@H]1CCC(C1)[C@H]2N. The van der Waals surface area contributed by atoms with E-state index in [0.717, 1.165) is 24.7 Å². The van der Waals surface area contributed by atoms with E-state index in [4.69, 9.17) is 5.73 Å². The van der Waals surface area contributed by atoms with E-state index in [1.165, 1.54) is 32.1 Å². The third-order valence-corrected chi connectivity index (χ3v) is 5.85. The Morgan fingerprint density at radius 1 is 1.31 bits per heavy atom. The van der Waals surface area contributed by atoms with Crippen LogP contribution in [0.1, 0.15) is 51.9 Å². The minimum atomic E-state index is 0.319. The number of rotatable bonds is 1. The fourth-order valence-corrected chi connectivity index (χ4v) is 4.97. The Bertz CT molecular complexity index is 310. The molecule has 5 atom stereocenters. The van der Waals surface area contributed by atoms with Crippen molar-refractivity contribution in [1.29, 1.82) is 0 Å². The fourth-order valence-electron chi connectivity index (χ4n) is 4.97. The van der Waals surface area contributed by atoms with Gasteiger partial charge < -0.3 is 5.73 Å². The van der Waals surface area contributed by atoms with Crippen molar-refractivity contribution in [2.75, 3.05) is 0 Å². The van der Waals surface area contributed by atoms with E-state index in [9.17, 15) is 4.79 Å². The van der Waals surface area contributed by atoms with Gasteiger partial charge in [-0.1, -0.05) is 6.42 Å². The molecule has 0 aromatic heterocycles. The summed E-state index contributed by atoms with van der Waals surface area (Å²) < 4.78 is 0. The molecule has 2 nitrogen and oxygen atoms in total. The zero-order valence-corrected chi connectivity index (χ0v) is 10.2. The molecule has 3 rings (SSSR count). The van der Waals surface area contributed by atoms with Crippen molar-refractivity contribution in [3.8, 4) is 0 Å². The van der Waals surface area contributed by atoms with Crippen molar-refractivity contribution in [3.05, 3.63) is 0 Å². The molecule has 3 aliphatic carbocycles. The molecule has 3 saturated carbocycles. The maximum Gasteiger partial charge on any atom is 0.132 e. The Labute approximate surface area is 98.0 Å². The molecule has 0 aromatic rings. The van der Waals surface area contributed by atoms with Crippen LogP contribution in [0.2, 0.25) is 0 Å². The van der Waals surface area contributed by atoms with E-state index in [0.29, 0.717) is 23.2 Å². The Hall–Kier alpha value is -0.370. The average Bonchev–Trinajstić information content (AvgIpc) is 2.84. The lowest BCUT2D eigenvalue weighted by atomic mass is 9.59. The average molecular weight is 221 g/mol. The van der Waals surface area contributed by atoms with Gasteiger partial charge in [0.1, 0.15) is 5.78 Å². The fraction of sp³-hybridized carbons (Fsp3) is 0.929. The van der Waals surface area contributed by atoms with Gasteiger partial charge in [-0.05, 0) is 62.7 Å². The van der Waals surface area contributed by atoms with Crippen LogP contribution in [-0.4, -0.2) is 11.8 Å². The smallest absolute Gasteiger partial charge is 0.132 e. The summed E-state index contributed by atoms with van der Waals surface area (Å²) in [5.41, 5.74) is 6.84. The molecule has 1 unspecified atom stereocenters. The number of Topliss-reactive ketones (excluding diaryl/α,β-unsaturated/α-hetero) is 1. The van der Waals surface area contributed by atoms with Crippen LogP contribution < -0.4 is 5.73 Å². The van der Waals surface area contributed by atoms with Gasteiger partial charge in [-0.2, -0.15) is 0 Å². The third-order valence-electron chi connectivity index (χ3n) is 5.85. The summed E-state index contributed by atoms with van der Waals surface area (Å²) in [5.74, 6) is 2.33. The van der Waals surface area contributed by atoms with E-state index in [1.54, 1.807) is 6.92 Å². The van der Waals surface area contributed by atoms with Crippen molar-refractivity contribution in [1.82, 2.24) is 0 Å². The number of hydrogen-bond acceptors (Lipinski definition) is 2. The van der Waals surface area contributed by atoms with Gasteiger partial charge in [0.05, 0.1) is 0 Å². The summed E-state index contributed by atoms with van der Waals surface area (Å²) in [4.78, 5) is 11.6. The third kappa shape index (κ3) is 1.32. The summed E-state index contributed by atoms with van der Waals surface area (Å²) in [5, 5.41) is 0. The standard InChI is InChI=1S/C14H23NO/c1-9(16)11-3-2-6-14(8-11)12-5-4-10(7-12)13(14)15/h10-13H,2-8,15H2,1H3/t10?,11-,12+,13-,14-/m1/s1. The molecule has 0 aromatic carbocycles. The highest BCUT2D eigenvalue weighted by molar-refractivity contribution is 5.78. The normalized spacial score (nSPS) is 51.1. The molecule has 2 bridgehead atoms. The zero-order valence-electron chi connectivity index (χ0n) is 10.2. The van der Waals surface area contributed by atoms with E-state index >= 15 is 0 Å². The van der Waals surface area contributed by atoms with Crippen molar-refractivity contribution in [3.63, 3.8) is 0 Å². The Morgan fingerprint density at radius 3 is 2.75 bits per heavy atom. The zero-order chi connectivity index (χ0) is 11.3. The topological polar surface area (TPSA) is 43.1 Å². The maximum atomic E-state index is 11.6. The minimum Gasteiger partial charge on any atom is -0.327 e. The predicted molar refractivity (Wildman–Crippen MR) is 63.9 cm³/mol. The van der Waals surface area contributed by atoms with Gasteiger partial charge in [-0.25, -0.2) is 0 Å². The molecule has 0 radical (unpaired) electrons. The first kappa shape index (κ1) is 10.8. The molecule has 0 amide bonds. The van der Waals surface area contributed by atoms with Crippen LogP contribution in [0.25, 0.3) is 0 Å². The lowest BCUT2D eigenvalue weighted by Crippen LogP contribution is -2.49. The quantitative estimate of drug-likeness (QED) is 0.739. The van der Waals surface area contributed by atoms with E-state index in [2.05, 4.69) is 0 Å². The Balaban J connectivity index is 1.85. The highest BCUT2D eigenvalue weighted by Crippen LogP contribution is 2.61. The van der Waals surface area contributed by atoms with Crippen LogP contribution >= 0.6 is 0 Å². The minimum absolute atomic E-state index is 0.319. The van der Waals surface area contributed by atoms with Gasteiger partial charge in [0.2, 0.25) is 0 Å². The first-order valence-corrected chi connectivity index (χ1v) is 6.89. The second-order valence-electron chi connectivity index (χ2n) is 6.43. The molecule has 16 heavy (non-hydrogen) atoms. The molecule has 0 heterocycles. The van der Waals surface area contributed by atoms with Gasteiger partial charge >= 0.3 is 0 Å². The van der Waals surface area contributed by atoms with Crippen LogP contribution in [0, 0.1) is 23.2 Å². The number of ketones is 1. The molecular weight excluding hydrogens is 198 g/mol. The van der Waals surface area contributed by atoms with E-state index < -0.39 is 0 Å². The van der Waals surface area contributed by atoms with E-state index in [-0.39, 0.29) is 0 Å².